The number of hydrogen-bond acceptors (Lipinski definition) is 2. The van der Waals surface area contributed by atoms with E-state index in [2.05, 4.69) is 6.92 Å². The predicted octanol–water partition coefficient (Wildman–Crippen LogP) is 1.95. The zero-order valence-electron chi connectivity index (χ0n) is 10.2. The number of carbonyl (C=O) groups excluding carboxylic acids is 1. The van der Waals surface area contributed by atoms with Crippen molar-refractivity contribution in [2.45, 2.75) is 39.5 Å². The van der Waals surface area contributed by atoms with E-state index >= 15 is 0 Å². The average Bonchev–Trinajstić information content (AvgIpc) is 2.64. The molecule has 0 bridgehead atoms. The molecule has 0 aromatic heterocycles. The lowest BCUT2D eigenvalue weighted by Gasteiger charge is -2.26. The maximum absolute atomic E-state index is 12.2. The van der Waals surface area contributed by atoms with Gasteiger partial charge in [-0.3, -0.25) is 4.79 Å². The molecule has 0 aliphatic heterocycles. The second-order valence-electron chi connectivity index (χ2n) is 4.65. The molecule has 0 radical (unpaired) electrons. The normalized spacial score (nSPS) is 24.4. The molecule has 2 N–H and O–H groups in total. The maximum Gasteiger partial charge on any atom is 0.225 e. The van der Waals surface area contributed by atoms with Crippen molar-refractivity contribution in [3.05, 3.63) is 0 Å². The molecule has 0 spiro atoms. The Kier molecular flexibility index (Phi) is 5.19. The van der Waals surface area contributed by atoms with E-state index in [1.54, 1.807) is 0 Å². The van der Waals surface area contributed by atoms with Crippen LogP contribution in [0.5, 0.6) is 0 Å². The van der Waals surface area contributed by atoms with Crippen LogP contribution < -0.4 is 5.73 Å². The van der Waals surface area contributed by atoms with Gasteiger partial charge in [0.1, 0.15) is 0 Å². The van der Waals surface area contributed by atoms with Crippen LogP contribution in [0.1, 0.15) is 39.5 Å². The van der Waals surface area contributed by atoms with Crippen LogP contribution in [-0.2, 0) is 4.79 Å². The molecule has 2 atom stereocenters. The van der Waals surface area contributed by atoms with Crippen molar-refractivity contribution in [3.63, 3.8) is 0 Å². The van der Waals surface area contributed by atoms with E-state index in [9.17, 15) is 4.79 Å². The minimum atomic E-state index is 0.228. The number of rotatable bonds is 5. The Morgan fingerprint density at radius 1 is 1.50 bits per heavy atom. The molecule has 0 aromatic rings. The van der Waals surface area contributed by atoms with Crippen LogP contribution in [0.2, 0.25) is 0 Å². The summed E-state index contributed by atoms with van der Waals surface area (Å²) in [6.07, 6.45) is 4.05. The number of nitrogens with zero attached hydrogens (tertiary/aromatic N) is 1. The minimum absolute atomic E-state index is 0.228. The molecule has 0 heterocycles. The quantitative estimate of drug-likeness (QED) is 0.750. The van der Waals surface area contributed by atoms with E-state index in [-0.39, 0.29) is 5.92 Å². The van der Waals surface area contributed by atoms with Gasteiger partial charge in [0.25, 0.3) is 0 Å². The topological polar surface area (TPSA) is 46.3 Å². The maximum atomic E-state index is 12.2. The van der Waals surface area contributed by atoms with Crippen molar-refractivity contribution in [2.24, 2.45) is 17.6 Å². The molecule has 0 saturated heterocycles. The van der Waals surface area contributed by atoms with E-state index in [1.807, 2.05) is 11.8 Å². The van der Waals surface area contributed by atoms with Gasteiger partial charge in [-0.1, -0.05) is 25.6 Å². The van der Waals surface area contributed by atoms with Crippen LogP contribution in [0.25, 0.3) is 0 Å². The van der Waals surface area contributed by atoms with Crippen molar-refractivity contribution in [1.82, 2.24) is 4.90 Å². The van der Waals surface area contributed by atoms with Crippen LogP contribution in [0.15, 0.2) is 0 Å². The van der Waals surface area contributed by atoms with E-state index < -0.39 is 0 Å². The van der Waals surface area contributed by atoms with Gasteiger partial charge in [0.2, 0.25) is 5.91 Å². The molecule has 4 heteroatoms. The standard InChI is InChI=1S/C12H22N2OS/c1-3-14(8-7-11(13)16)12(15)10-6-4-5-9(10)2/h9-10H,3-8H2,1-2H3,(H2,13,16). The number of carbonyl (C=O) groups is 1. The van der Waals surface area contributed by atoms with Crippen LogP contribution >= 0.6 is 12.2 Å². The first-order valence-electron chi connectivity index (χ1n) is 6.13. The lowest BCUT2D eigenvalue weighted by molar-refractivity contribution is -0.136. The molecular weight excluding hydrogens is 220 g/mol. The van der Waals surface area contributed by atoms with Crippen molar-refractivity contribution in [2.75, 3.05) is 13.1 Å². The van der Waals surface area contributed by atoms with Gasteiger partial charge in [-0.05, 0) is 25.7 Å². The fraction of sp³-hybridized carbons (Fsp3) is 0.833. The summed E-state index contributed by atoms with van der Waals surface area (Å²) in [5.41, 5.74) is 5.47. The van der Waals surface area contributed by atoms with Crippen LogP contribution in [0, 0.1) is 11.8 Å². The first kappa shape index (κ1) is 13.4. The monoisotopic (exact) mass is 242 g/mol. The van der Waals surface area contributed by atoms with Gasteiger partial charge in [-0.25, -0.2) is 0 Å². The summed E-state index contributed by atoms with van der Waals surface area (Å²) in [6.45, 7) is 5.62. The largest absolute Gasteiger partial charge is 0.393 e. The summed E-state index contributed by atoms with van der Waals surface area (Å²) in [6, 6.07) is 0. The highest BCUT2D eigenvalue weighted by molar-refractivity contribution is 7.80. The molecule has 1 fully saturated rings. The molecule has 1 aliphatic rings. The van der Waals surface area contributed by atoms with Gasteiger partial charge in [0, 0.05) is 25.4 Å². The van der Waals surface area contributed by atoms with E-state index in [0.717, 1.165) is 13.0 Å². The average molecular weight is 242 g/mol. The molecule has 2 unspecified atom stereocenters. The Morgan fingerprint density at radius 2 is 2.19 bits per heavy atom. The number of nitrogens with two attached hydrogens (primary N) is 1. The van der Waals surface area contributed by atoms with Crippen molar-refractivity contribution in [3.8, 4) is 0 Å². The van der Waals surface area contributed by atoms with E-state index in [4.69, 9.17) is 18.0 Å². The lowest BCUT2D eigenvalue weighted by atomic mass is 9.96. The van der Waals surface area contributed by atoms with Crippen LogP contribution in [-0.4, -0.2) is 28.9 Å². The molecular formula is C12H22N2OS. The first-order valence-corrected chi connectivity index (χ1v) is 6.54. The lowest BCUT2D eigenvalue weighted by Crippen LogP contribution is -2.38. The van der Waals surface area contributed by atoms with Gasteiger partial charge in [-0.2, -0.15) is 0 Å². The van der Waals surface area contributed by atoms with Crippen molar-refractivity contribution >= 4 is 23.1 Å². The summed E-state index contributed by atoms with van der Waals surface area (Å²) < 4.78 is 0. The molecule has 1 amide bonds. The summed E-state index contributed by atoms with van der Waals surface area (Å²) in [5, 5.41) is 0. The fourth-order valence-corrected chi connectivity index (χ4v) is 2.51. The van der Waals surface area contributed by atoms with Gasteiger partial charge >= 0.3 is 0 Å². The van der Waals surface area contributed by atoms with E-state index in [1.165, 1.54) is 12.8 Å². The summed E-state index contributed by atoms with van der Waals surface area (Å²) in [7, 11) is 0. The SMILES string of the molecule is CCN(CCC(N)=S)C(=O)C1CCCC1C. The molecule has 3 nitrogen and oxygen atoms in total. The molecule has 92 valence electrons. The zero-order chi connectivity index (χ0) is 12.1. The predicted molar refractivity (Wildman–Crippen MR) is 70.2 cm³/mol. The highest BCUT2D eigenvalue weighted by atomic mass is 32.1. The molecule has 1 saturated carbocycles. The summed E-state index contributed by atoms with van der Waals surface area (Å²) in [5.74, 6) is 1.06. The summed E-state index contributed by atoms with van der Waals surface area (Å²) in [4.78, 5) is 14.6. The van der Waals surface area contributed by atoms with Crippen molar-refractivity contribution < 1.29 is 4.79 Å². The Labute approximate surface area is 103 Å². The second-order valence-corrected chi connectivity index (χ2v) is 5.17. The highest BCUT2D eigenvalue weighted by Crippen LogP contribution is 2.32. The minimum Gasteiger partial charge on any atom is -0.393 e. The van der Waals surface area contributed by atoms with Gasteiger partial charge in [-0.15, -0.1) is 0 Å². The van der Waals surface area contributed by atoms with Gasteiger partial charge in [0.05, 0.1) is 4.99 Å². The third-order valence-electron chi connectivity index (χ3n) is 3.50. The van der Waals surface area contributed by atoms with Gasteiger partial charge in [0.15, 0.2) is 0 Å². The first-order chi connectivity index (χ1) is 7.56. The summed E-state index contributed by atoms with van der Waals surface area (Å²) >= 11 is 4.85. The third kappa shape index (κ3) is 3.44. The number of thiocarbonyl (C=S) groups is 1. The number of hydrogen-bond donors (Lipinski definition) is 1. The Morgan fingerprint density at radius 3 is 2.62 bits per heavy atom. The number of amides is 1. The molecule has 0 aromatic carbocycles. The van der Waals surface area contributed by atoms with Crippen molar-refractivity contribution in [1.29, 1.82) is 0 Å². The fourth-order valence-electron chi connectivity index (χ4n) is 2.42. The molecule has 1 aliphatic carbocycles. The Bertz CT molecular complexity index is 268. The van der Waals surface area contributed by atoms with Crippen LogP contribution in [0.4, 0.5) is 0 Å². The zero-order valence-corrected chi connectivity index (χ0v) is 11.1. The van der Waals surface area contributed by atoms with E-state index in [0.29, 0.717) is 29.8 Å². The Hall–Kier alpha value is -0.640. The second kappa shape index (κ2) is 6.18. The molecule has 16 heavy (non-hydrogen) atoms. The van der Waals surface area contributed by atoms with Crippen LogP contribution in [0.3, 0.4) is 0 Å². The molecule has 1 rings (SSSR count). The Balaban J connectivity index is 2.51. The third-order valence-corrected chi connectivity index (χ3v) is 3.70. The van der Waals surface area contributed by atoms with Gasteiger partial charge < -0.3 is 10.6 Å². The highest BCUT2D eigenvalue weighted by Gasteiger charge is 2.32. The smallest absolute Gasteiger partial charge is 0.225 e.